The van der Waals surface area contributed by atoms with Gasteiger partial charge in [0.1, 0.15) is 0 Å². The largest absolute Gasteiger partial charge is 0.389 e. The van der Waals surface area contributed by atoms with Gasteiger partial charge in [0.05, 0.1) is 6.10 Å². The summed E-state index contributed by atoms with van der Waals surface area (Å²) in [6, 6.07) is 7.95. The Morgan fingerprint density at radius 2 is 2.00 bits per heavy atom. The summed E-state index contributed by atoms with van der Waals surface area (Å²) < 4.78 is 0. The summed E-state index contributed by atoms with van der Waals surface area (Å²) in [6.07, 6.45) is 1.27. The molecule has 0 unspecified atom stereocenters. The highest BCUT2D eigenvalue weighted by Crippen LogP contribution is 2.29. The van der Waals surface area contributed by atoms with Crippen LogP contribution in [0.25, 0.3) is 0 Å². The first-order chi connectivity index (χ1) is 9.13. The van der Waals surface area contributed by atoms with Crippen molar-refractivity contribution in [1.82, 2.24) is 5.32 Å². The van der Waals surface area contributed by atoms with Crippen LogP contribution in [0, 0.1) is 5.92 Å². The first-order valence-corrected chi connectivity index (χ1v) is 6.87. The van der Waals surface area contributed by atoms with Crippen LogP contribution in [-0.2, 0) is 4.79 Å². The molecule has 2 rings (SSSR count). The average molecular weight is 262 g/mol. The maximum absolute atomic E-state index is 11.6. The zero-order valence-corrected chi connectivity index (χ0v) is 11.6. The van der Waals surface area contributed by atoms with Gasteiger partial charge in [0.2, 0.25) is 5.91 Å². The van der Waals surface area contributed by atoms with E-state index in [-0.39, 0.29) is 11.8 Å². The van der Waals surface area contributed by atoms with Gasteiger partial charge in [0, 0.05) is 37.3 Å². The van der Waals surface area contributed by atoms with Gasteiger partial charge in [-0.25, -0.2) is 0 Å². The summed E-state index contributed by atoms with van der Waals surface area (Å²) in [4.78, 5) is 13.9. The molecule has 0 aromatic heterocycles. The fourth-order valence-corrected chi connectivity index (χ4v) is 2.72. The monoisotopic (exact) mass is 262 g/mol. The van der Waals surface area contributed by atoms with Crippen LogP contribution in [0.15, 0.2) is 24.3 Å². The third kappa shape index (κ3) is 3.07. The number of aliphatic hydroxyl groups is 1. The molecule has 1 amide bonds. The number of anilines is 1. The molecule has 1 fully saturated rings. The van der Waals surface area contributed by atoms with Gasteiger partial charge in [-0.1, -0.05) is 18.2 Å². The Hall–Kier alpha value is -1.55. The number of hydrogen-bond donors (Lipinski definition) is 2. The van der Waals surface area contributed by atoms with Crippen molar-refractivity contribution in [2.24, 2.45) is 5.92 Å². The topological polar surface area (TPSA) is 52.6 Å². The van der Waals surface area contributed by atoms with Gasteiger partial charge in [-0.3, -0.25) is 4.79 Å². The fraction of sp³-hybridized carbons (Fsp3) is 0.533. The highest BCUT2D eigenvalue weighted by Gasteiger charge is 2.25. The van der Waals surface area contributed by atoms with Gasteiger partial charge in [0.15, 0.2) is 0 Å². The Kier molecular flexibility index (Phi) is 4.43. The molecule has 104 valence electrons. The molecule has 1 aromatic carbocycles. The Balaban J connectivity index is 2.08. The van der Waals surface area contributed by atoms with Crippen molar-refractivity contribution < 1.29 is 9.90 Å². The lowest BCUT2D eigenvalue weighted by molar-refractivity contribution is -0.125. The molecule has 1 aliphatic rings. The van der Waals surface area contributed by atoms with Crippen molar-refractivity contribution in [1.29, 1.82) is 0 Å². The van der Waals surface area contributed by atoms with Crippen molar-refractivity contribution in [3.63, 3.8) is 0 Å². The Morgan fingerprint density at radius 1 is 1.37 bits per heavy atom. The van der Waals surface area contributed by atoms with E-state index in [1.807, 2.05) is 24.3 Å². The van der Waals surface area contributed by atoms with Crippen molar-refractivity contribution in [2.45, 2.75) is 25.9 Å². The van der Waals surface area contributed by atoms with Gasteiger partial charge in [-0.15, -0.1) is 0 Å². The van der Waals surface area contributed by atoms with Gasteiger partial charge < -0.3 is 15.3 Å². The minimum Gasteiger partial charge on any atom is -0.389 e. The second-order valence-corrected chi connectivity index (χ2v) is 5.11. The number of carbonyl (C=O) groups excluding carboxylic acids is 1. The molecule has 0 aliphatic carbocycles. The van der Waals surface area contributed by atoms with Gasteiger partial charge in [-0.2, -0.15) is 0 Å². The predicted molar refractivity (Wildman–Crippen MR) is 76.1 cm³/mol. The molecule has 2 N–H and O–H groups in total. The molecule has 0 spiro atoms. The molecule has 0 bridgehead atoms. The Labute approximate surface area is 114 Å². The maximum atomic E-state index is 11.6. The van der Waals surface area contributed by atoms with E-state index in [1.165, 1.54) is 0 Å². The van der Waals surface area contributed by atoms with Gasteiger partial charge in [-0.05, 0) is 25.8 Å². The van der Waals surface area contributed by atoms with Crippen LogP contribution >= 0.6 is 0 Å². The lowest BCUT2D eigenvalue weighted by Gasteiger charge is -2.34. The molecule has 19 heavy (non-hydrogen) atoms. The second-order valence-electron chi connectivity index (χ2n) is 5.11. The third-order valence-corrected chi connectivity index (χ3v) is 3.84. The Bertz CT molecular complexity index is 438. The van der Waals surface area contributed by atoms with Crippen LogP contribution in [0.1, 0.15) is 31.4 Å². The smallest absolute Gasteiger partial charge is 0.222 e. The highest BCUT2D eigenvalue weighted by atomic mass is 16.3. The van der Waals surface area contributed by atoms with Crippen LogP contribution in [-0.4, -0.2) is 31.2 Å². The average Bonchev–Trinajstić information content (AvgIpc) is 2.46. The third-order valence-electron chi connectivity index (χ3n) is 3.84. The minimum absolute atomic E-state index is 0.125. The molecular formula is C15H22N2O2. The van der Waals surface area contributed by atoms with E-state index < -0.39 is 6.10 Å². The summed E-state index contributed by atoms with van der Waals surface area (Å²) in [7, 11) is 1.69. The summed E-state index contributed by atoms with van der Waals surface area (Å²) >= 11 is 0. The zero-order chi connectivity index (χ0) is 13.8. The summed E-state index contributed by atoms with van der Waals surface area (Å²) in [6.45, 7) is 3.51. The van der Waals surface area contributed by atoms with Crippen LogP contribution in [0.3, 0.4) is 0 Å². The van der Waals surface area contributed by atoms with Crippen LogP contribution in [0.2, 0.25) is 0 Å². The number of para-hydroxylation sites is 1. The maximum Gasteiger partial charge on any atom is 0.222 e. The van der Waals surface area contributed by atoms with Crippen LogP contribution < -0.4 is 10.2 Å². The first-order valence-electron chi connectivity index (χ1n) is 6.87. The van der Waals surface area contributed by atoms with E-state index in [0.717, 1.165) is 37.2 Å². The molecule has 1 aliphatic heterocycles. The number of amides is 1. The molecule has 1 saturated heterocycles. The van der Waals surface area contributed by atoms with E-state index in [9.17, 15) is 9.90 Å². The van der Waals surface area contributed by atoms with E-state index in [4.69, 9.17) is 0 Å². The predicted octanol–water partition coefficient (Wildman–Crippen LogP) is 1.70. The fourth-order valence-electron chi connectivity index (χ4n) is 2.72. The van der Waals surface area contributed by atoms with E-state index in [0.29, 0.717) is 0 Å². The highest BCUT2D eigenvalue weighted by molar-refractivity contribution is 5.78. The molecule has 0 saturated carbocycles. The molecule has 1 aromatic rings. The number of rotatable bonds is 3. The number of aliphatic hydroxyl groups excluding tert-OH is 1. The van der Waals surface area contributed by atoms with Crippen molar-refractivity contribution in [3.05, 3.63) is 29.8 Å². The van der Waals surface area contributed by atoms with Gasteiger partial charge in [0.25, 0.3) is 0 Å². The van der Waals surface area contributed by atoms with Gasteiger partial charge >= 0.3 is 0 Å². The lowest BCUT2D eigenvalue weighted by atomic mass is 9.94. The number of nitrogens with one attached hydrogen (secondary N) is 1. The van der Waals surface area contributed by atoms with E-state index in [1.54, 1.807) is 14.0 Å². The van der Waals surface area contributed by atoms with Crippen molar-refractivity contribution in [2.75, 3.05) is 25.0 Å². The normalized spacial score (nSPS) is 18.2. The molecule has 0 radical (unpaired) electrons. The number of piperidine rings is 1. The lowest BCUT2D eigenvalue weighted by Crippen LogP contribution is -2.40. The molecule has 1 atom stereocenters. The van der Waals surface area contributed by atoms with Crippen LogP contribution in [0.4, 0.5) is 5.69 Å². The first kappa shape index (κ1) is 13.9. The van der Waals surface area contributed by atoms with Crippen molar-refractivity contribution in [3.8, 4) is 0 Å². The van der Waals surface area contributed by atoms with E-state index in [2.05, 4.69) is 10.2 Å². The summed E-state index contributed by atoms with van der Waals surface area (Å²) in [5, 5.41) is 12.5. The van der Waals surface area contributed by atoms with Crippen LogP contribution in [0.5, 0.6) is 0 Å². The molecule has 4 heteroatoms. The van der Waals surface area contributed by atoms with Crippen molar-refractivity contribution >= 4 is 11.6 Å². The van der Waals surface area contributed by atoms with E-state index >= 15 is 0 Å². The second kappa shape index (κ2) is 6.06. The molecular weight excluding hydrogens is 240 g/mol. The SMILES string of the molecule is CNC(=O)C1CCN(c2ccccc2[C@@H](C)O)CC1. The summed E-state index contributed by atoms with van der Waals surface area (Å²) in [5.41, 5.74) is 2.05. The minimum atomic E-state index is -0.465. The Morgan fingerprint density at radius 3 is 2.58 bits per heavy atom. The molecule has 1 heterocycles. The number of carbonyl (C=O) groups is 1. The number of benzene rings is 1. The quantitative estimate of drug-likeness (QED) is 0.872. The summed E-state index contributed by atoms with van der Waals surface area (Å²) in [5.74, 6) is 0.267. The standard InChI is InChI=1S/C15H22N2O2/c1-11(18)13-5-3-4-6-14(13)17-9-7-12(8-10-17)15(19)16-2/h3-6,11-12,18H,7-10H2,1-2H3,(H,16,19)/t11-/m1/s1. The number of hydrogen-bond acceptors (Lipinski definition) is 3. The molecule has 4 nitrogen and oxygen atoms in total. The zero-order valence-electron chi connectivity index (χ0n) is 11.6. The number of nitrogens with zero attached hydrogens (tertiary/aromatic N) is 1.